The van der Waals surface area contributed by atoms with Crippen molar-refractivity contribution in [3.05, 3.63) is 52.6 Å². The van der Waals surface area contributed by atoms with Crippen molar-refractivity contribution in [2.75, 3.05) is 12.4 Å². The molecule has 0 saturated heterocycles. The van der Waals surface area contributed by atoms with Crippen LogP contribution < -0.4 is 10.1 Å². The van der Waals surface area contributed by atoms with E-state index in [2.05, 4.69) is 50.5 Å². The molecule has 20 heavy (non-hydrogen) atoms. The summed E-state index contributed by atoms with van der Waals surface area (Å²) < 4.78 is 6.19. The molecule has 104 valence electrons. The van der Waals surface area contributed by atoms with Crippen LogP contribution in [0.5, 0.6) is 5.88 Å². The van der Waals surface area contributed by atoms with Gasteiger partial charge < -0.3 is 10.1 Å². The van der Waals surface area contributed by atoms with E-state index < -0.39 is 0 Å². The molecule has 2 aromatic rings. The third kappa shape index (κ3) is 2.96. The van der Waals surface area contributed by atoms with Crippen LogP contribution >= 0.6 is 15.9 Å². The average molecular weight is 333 g/mol. The maximum Gasteiger partial charge on any atom is 0.213 e. The van der Waals surface area contributed by atoms with E-state index in [-0.39, 0.29) is 0 Å². The fourth-order valence-corrected chi connectivity index (χ4v) is 2.83. The van der Waals surface area contributed by atoms with E-state index in [1.54, 1.807) is 7.11 Å². The second-order valence-corrected chi connectivity index (χ2v) is 6.07. The standard InChI is InChI=1S/C16H17BrN2O/c1-20-16-7-6-14(10-18-16)19-15-8-12(9-15)11-2-4-13(17)5-3-11/h2-7,10,12,15,19H,8-9H2,1H3. The highest BCUT2D eigenvalue weighted by molar-refractivity contribution is 9.10. The molecule has 1 aliphatic carbocycles. The largest absolute Gasteiger partial charge is 0.481 e. The average Bonchev–Trinajstić information content (AvgIpc) is 2.44. The molecule has 4 heteroatoms. The predicted molar refractivity (Wildman–Crippen MR) is 84.3 cm³/mol. The Morgan fingerprint density at radius 1 is 1.15 bits per heavy atom. The zero-order valence-electron chi connectivity index (χ0n) is 11.3. The third-order valence-corrected chi connectivity index (χ3v) is 4.32. The summed E-state index contributed by atoms with van der Waals surface area (Å²) in [5.74, 6) is 1.32. The van der Waals surface area contributed by atoms with Crippen molar-refractivity contribution in [1.82, 2.24) is 4.98 Å². The summed E-state index contributed by atoms with van der Waals surface area (Å²) in [5.41, 5.74) is 2.49. The van der Waals surface area contributed by atoms with Crippen molar-refractivity contribution in [1.29, 1.82) is 0 Å². The minimum absolute atomic E-state index is 0.541. The van der Waals surface area contributed by atoms with Gasteiger partial charge in [-0.25, -0.2) is 4.98 Å². The number of halogens is 1. The van der Waals surface area contributed by atoms with Crippen LogP contribution in [0.4, 0.5) is 5.69 Å². The fourth-order valence-electron chi connectivity index (χ4n) is 2.56. The monoisotopic (exact) mass is 332 g/mol. The molecule has 0 radical (unpaired) electrons. The second kappa shape index (κ2) is 5.83. The molecule has 1 heterocycles. The van der Waals surface area contributed by atoms with Crippen molar-refractivity contribution < 1.29 is 4.74 Å². The van der Waals surface area contributed by atoms with Crippen molar-refractivity contribution in [3.63, 3.8) is 0 Å². The normalized spacial score (nSPS) is 21.1. The van der Waals surface area contributed by atoms with E-state index in [9.17, 15) is 0 Å². The summed E-state index contributed by atoms with van der Waals surface area (Å²) >= 11 is 3.47. The van der Waals surface area contributed by atoms with Gasteiger partial charge in [0.25, 0.3) is 0 Å². The molecular formula is C16H17BrN2O. The first-order valence-electron chi connectivity index (χ1n) is 6.76. The number of nitrogens with zero attached hydrogens (tertiary/aromatic N) is 1. The number of hydrogen-bond donors (Lipinski definition) is 1. The van der Waals surface area contributed by atoms with Crippen LogP contribution in [0, 0.1) is 0 Å². The van der Waals surface area contributed by atoms with Gasteiger partial charge in [-0.3, -0.25) is 0 Å². The molecule has 1 aromatic carbocycles. The highest BCUT2D eigenvalue weighted by atomic mass is 79.9. The van der Waals surface area contributed by atoms with Crippen LogP contribution in [0.3, 0.4) is 0 Å². The Balaban J connectivity index is 1.53. The summed E-state index contributed by atoms with van der Waals surface area (Å²) in [4.78, 5) is 4.21. The van der Waals surface area contributed by atoms with Crippen molar-refractivity contribution in [3.8, 4) is 5.88 Å². The number of pyridine rings is 1. The lowest BCUT2D eigenvalue weighted by Gasteiger charge is -2.36. The van der Waals surface area contributed by atoms with Crippen molar-refractivity contribution in [2.45, 2.75) is 24.8 Å². The Morgan fingerprint density at radius 3 is 2.50 bits per heavy atom. The molecule has 0 unspecified atom stereocenters. The van der Waals surface area contributed by atoms with Gasteiger partial charge in [-0.2, -0.15) is 0 Å². The number of hydrogen-bond acceptors (Lipinski definition) is 3. The number of methoxy groups -OCH3 is 1. The van der Waals surface area contributed by atoms with Crippen LogP contribution in [-0.4, -0.2) is 18.1 Å². The number of benzene rings is 1. The van der Waals surface area contributed by atoms with Crippen molar-refractivity contribution in [2.24, 2.45) is 0 Å². The third-order valence-electron chi connectivity index (χ3n) is 3.80. The molecule has 1 N–H and O–H groups in total. The first-order valence-corrected chi connectivity index (χ1v) is 7.56. The molecule has 3 rings (SSSR count). The smallest absolute Gasteiger partial charge is 0.213 e. The SMILES string of the molecule is COc1ccc(NC2CC(c3ccc(Br)cc3)C2)cn1. The van der Waals surface area contributed by atoms with E-state index in [0.29, 0.717) is 17.8 Å². The van der Waals surface area contributed by atoms with Gasteiger partial charge in [0.05, 0.1) is 19.0 Å². The van der Waals surface area contributed by atoms with Gasteiger partial charge in [-0.05, 0) is 42.5 Å². The lowest BCUT2D eigenvalue weighted by Crippen LogP contribution is -2.33. The van der Waals surface area contributed by atoms with Gasteiger partial charge in [0, 0.05) is 16.6 Å². The lowest BCUT2D eigenvalue weighted by atomic mass is 9.76. The summed E-state index contributed by atoms with van der Waals surface area (Å²) in [6.07, 6.45) is 4.17. The maximum absolute atomic E-state index is 5.06. The number of nitrogens with one attached hydrogen (secondary N) is 1. The summed E-state index contributed by atoms with van der Waals surface area (Å²) in [7, 11) is 1.63. The fraction of sp³-hybridized carbons (Fsp3) is 0.312. The van der Waals surface area contributed by atoms with Gasteiger partial charge in [-0.1, -0.05) is 28.1 Å². The lowest BCUT2D eigenvalue weighted by molar-refractivity contribution is 0.373. The van der Waals surface area contributed by atoms with E-state index in [0.717, 1.165) is 10.2 Å². The minimum atomic E-state index is 0.541. The van der Waals surface area contributed by atoms with Gasteiger partial charge >= 0.3 is 0 Å². The Labute approximate surface area is 127 Å². The molecule has 0 atom stereocenters. The van der Waals surface area contributed by atoms with Gasteiger partial charge in [0.15, 0.2) is 0 Å². The van der Waals surface area contributed by atoms with E-state index in [4.69, 9.17) is 4.74 Å². The minimum Gasteiger partial charge on any atom is -0.481 e. The summed E-state index contributed by atoms with van der Waals surface area (Å²) in [6, 6.07) is 13.1. The second-order valence-electron chi connectivity index (χ2n) is 5.15. The summed E-state index contributed by atoms with van der Waals surface area (Å²) in [6.45, 7) is 0. The summed E-state index contributed by atoms with van der Waals surface area (Å²) in [5, 5.41) is 3.51. The quantitative estimate of drug-likeness (QED) is 0.910. The Hall–Kier alpha value is -1.55. The molecule has 0 bridgehead atoms. The molecule has 1 aliphatic rings. The zero-order chi connectivity index (χ0) is 13.9. The first-order chi connectivity index (χ1) is 9.74. The number of aromatic nitrogens is 1. The zero-order valence-corrected chi connectivity index (χ0v) is 12.9. The molecule has 0 aliphatic heterocycles. The highest BCUT2D eigenvalue weighted by Gasteiger charge is 2.30. The predicted octanol–water partition coefficient (Wildman–Crippen LogP) is 4.21. The van der Waals surface area contributed by atoms with E-state index in [1.807, 2.05) is 18.3 Å². The molecule has 0 spiro atoms. The van der Waals surface area contributed by atoms with Gasteiger partial charge in [0.1, 0.15) is 0 Å². The molecule has 1 fully saturated rings. The van der Waals surface area contributed by atoms with Crippen molar-refractivity contribution >= 4 is 21.6 Å². The maximum atomic E-state index is 5.06. The molecule has 0 amide bonds. The highest BCUT2D eigenvalue weighted by Crippen LogP contribution is 2.38. The van der Waals surface area contributed by atoms with Crippen LogP contribution in [0.15, 0.2) is 47.1 Å². The number of anilines is 1. The van der Waals surface area contributed by atoms with E-state index in [1.165, 1.54) is 18.4 Å². The Kier molecular flexibility index (Phi) is 3.92. The van der Waals surface area contributed by atoms with Crippen LogP contribution in [0.1, 0.15) is 24.3 Å². The van der Waals surface area contributed by atoms with Crippen LogP contribution in [0.25, 0.3) is 0 Å². The Bertz CT molecular complexity index is 562. The van der Waals surface area contributed by atoms with E-state index >= 15 is 0 Å². The topological polar surface area (TPSA) is 34.1 Å². The first kappa shape index (κ1) is 13.4. The molecular weight excluding hydrogens is 316 g/mol. The molecule has 3 nitrogen and oxygen atoms in total. The van der Waals surface area contributed by atoms with Gasteiger partial charge in [-0.15, -0.1) is 0 Å². The van der Waals surface area contributed by atoms with Crippen LogP contribution in [-0.2, 0) is 0 Å². The number of ether oxygens (including phenoxy) is 1. The molecule has 1 saturated carbocycles. The molecule has 1 aromatic heterocycles. The van der Waals surface area contributed by atoms with Gasteiger partial charge in [0.2, 0.25) is 5.88 Å². The number of rotatable bonds is 4. The Morgan fingerprint density at radius 2 is 1.90 bits per heavy atom. The van der Waals surface area contributed by atoms with Crippen LogP contribution in [0.2, 0.25) is 0 Å².